The zero-order chi connectivity index (χ0) is 12.6. The third-order valence-corrected chi connectivity index (χ3v) is 3.03. The summed E-state index contributed by atoms with van der Waals surface area (Å²) in [6, 6.07) is 3.14. The number of carboxylic acid groups (broad SMARTS) is 1. The zero-order valence-electron chi connectivity index (χ0n) is 9.84. The molecule has 1 atom stereocenters. The lowest BCUT2D eigenvalue weighted by Crippen LogP contribution is -2.26. The number of hydrogen-bond donors (Lipinski definition) is 2. The van der Waals surface area contributed by atoms with Crippen molar-refractivity contribution in [3.8, 4) is 0 Å². The summed E-state index contributed by atoms with van der Waals surface area (Å²) in [6.45, 7) is 4.05. The molecule has 2 aromatic rings. The highest BCUT2D eigenvalue weighted by Gasteiger charge is 2.19. The van der Waals surface area contributed by atoms with Crippen molar-refractivity contribution in [2.24, 2.45) is 5.73 Å². The normalized spacial score (nSPS) is 12.9. The van der Waals surface area contributed by atoms with Gasteiger partial charge >= 0.3 is 5.97 Å². The van der Waals surface area contributed by atoms with Crippen molar-refractivity contribution in [1.29, 1.82) is 0 Å². The van der Waals surface area contributed by atoms with Gasteiger partial charge in [-0.3, -0.25) is 0 Å². The Hall–Kier alpha value is -1.88. The standard InChI is InChI=1S/C12H15N3O2/c1-7-3-9-10(4-8(7)2)15(6-14-9)11(5-13)12(16)17/h3-4,6,11H,5,13H2,1-2H3,(H,16,17). The molecule has 1 aromatic heterocycles. The van der Waals surface area contributed by atoms with Crippen molar-refractivity contribution >= 4 is 17.0 Å². The van der Waals surface area contributed by atoms with Gasteiger partial charge in [-0.25, -0.2) is 9.78 Å². The second kappa shape index (κ2) is 4.18. The number of carboxylic acids is 1. The van der Waals surface area contributed by atoms with Gasteiger partial charge in [0.25, 0.3) is 0 Å². The monoisotopic (exact) mass is 233 g/mol. The lowest BCUT2D eigenvalue weighted by Gasteiger charge is -2.12. The molecule has 0 aliphatic carbocycles. The minimum atomic E-state index is -0.940. The van der Waals surface area contributed by atoms with Gasteiger partial charge in [0.1, 0.15) is 6.04 Å². The van der Waals surface area contributed by atoms with Gasteiger partial charge in [0.05, 0.1) is 17.4 Å². The molecule has 5 heteroatoms. The van der Waals surface area contributed by atoms with Crippen LogP contribution in [0.1, 0.15) is 17.2 Å². The van der Waals surface area contributed by atoms with E-state index in [1.54, 1.807) is 4.57 Å². The third kappa shape index (κ3) is 1.89. The maximum absolute atomic E-state index is 11.1. The van der Waals surface area contributed by atoms with Crippen LogP contribution in [-0.2, 0) is 4.79 Å². The summed E-state index contributed by atoms with van der Waals surface area (Å²) in [4.78, 5) is 15.3. The van der Waals surface area contributed by atoms with Crippen LogP contribution >= 0.6 is 0 Å². The number of imidazole rings is 1. The molecule has 0 amide bonds. The van der Waals surface area contributed by atoms with E-state index >= 15 is 0 Å². The van der Waals surface area contributed by atoms with E-state index in [4.69, 9.17) is 10.8 Å². The first-order valence-corrected chi connectivity index (χ1v) is 5.41. The van der Waals surface area contributed by atoms with Gasteiger partial charge in [-0.15, -0.1) is 0 Å². The van der Waals surface area contributed by atoms with Crippen LogP contribution in [0.5, 0.6) is 0 Å². The van der Waals surface area contributed by atoms with Crippen molar-refractivity contribution in [3.05, 3.63) is 29.6 Å². The van der Waals surface area contributed by atoms with E-state index in [1.165, 1.54) is 6.33 Å². The topological polar surface area (TPSA) is 81.1 Å². The average Bonchev–Trinajstić information content (AvgIpc) is 2.63. The van der Waals surface area contributed by atoms with Crippen LogP contribution < -0.4 is 5.73 Å². The lowest BCUT2D eigenvalue weighted by atomic mass is 10.1. The van der Waals surface area contributed by atoms with Gasteiger partial charge in [-0.2, -0.15) is 0 Å². The van der Waals surface area contributed by atoms with Crippen molar-refractivity contribution in [1.82, 2.24) is 9.55 Å². The molecule has 1 aromatic carbocycles. The molecule has 90 valence electrons. The van der Waals surface area contributed by atoms with Crippen molar-refractivity contribution in [2.45, 2.75) is 19.9 Å². The summed E-state index contributed by atoms with van der Waals surface area (Å²) in [5, 5.41) is 9.10. The highest BCUT2D eigenvalue weighted by Crippen LogP contribution is 2.21. The van der Waals surface area contributed by atoms with Crippen molar-refractivity contribution in [3.63, 3.8) is 0 Å². The van der Waals surface area contributed by atoms with Crippen molar-refractivity contribution < 1.29 is 9.90 Å². The zero-order valence-corrected chi connectivity index (χ0v) is 9.84. The predicted molar refractivity (Wildman–Crippen MR) is 64.9 cm³/mol. The fraction of sp³-hybridized carbons (Fsp3) is 0.333. The highest BCUT2D eigenvalue weighted by molar-refractivity contribution is 5.81. The molecule has 2 rings (SSSR count). The second-order valence-corrected chi connectivity index (χ2v) is 4.17. The fourth-order valence-corrected chi connectivity index (χ4v) is 1.86. The van der Waals surface area contributed by atoms with E-state index in [0.29, 0.717) is 0 Å². The molecule has 0 spiro atoms. The molecular formula is C12H15N3O2. The Morgan fingerprint density at radius 1 is 1.47 bits per heavy atom. The molecule has 0 saturated carbocycles. The van der Waals surface area contributed by atoms with Gasteiger partial charge in [0.15, 0.2) is 0 Å². The number of nitrogens with zero attached hydrogens (tertiary/aromatic N) is 2. The maximum atomic E-state index is 11.1. The Bertz CT molecular complexity index is 574. The first-order valence-electron chi connectivity index (χ1n) is 5.41. The largest absolute Gasteiger partial charge is 0.480 e. The first-order chi connectivity index (χ1) is 8.04. The van der Waals surface area contributed by atoms with Crippen LogP contribution in [0, 0.1) is 13.8 Å². The van der Waals surface area contributed by atoms with Crippen LogP contribution in [0.4, 0.5) is 0 Å². The number of aliphatic carboxylic acids is 1. The quantitative estimate of drug-likeness (QED) is 0.835. The molecule has 17 heavy (non-hydrogen) atoms. The van der Waals surface area contributed by atoms with E-state index in [-0.39, 0.29) is 6.54 Å². The minimum absolute atomic E-state index is 0.0493. The number of nitrogens with two attached hydrogens (primary N) is 1. The Labute approximate surface area is 98.9 Å². The lowest BCUT2D eigenvalue weighted by molar-refractivity contribution is -0.140. The number of hydrogen-bond acceptors (Lipinski definition) is 3. The molecule has 5 nitrogen and oxygen atoms in total. The van der Waals surface area contributed by atoms with Gasteiger partial charge < -0.3 is 15.4 Å². The van der Waals surface area contributed by atoms with Gasteiger partial charge in [-0.05, 0) is 37.1 Å². The summed E-state index contributed by atoms with van der Waals surface area (Å²) in [6.07, 6.45) is 1.54. The number of rotatable bonds is 3. The number of carbonyl (C=O) groups is 1. The smallest absolute Gasteiger partial charge is 0.328 e. The predicted octanol–water partition coefficient (Wildman–Crippen LogP) is 1.24. The van der Waals surface area contributed by atoms with E-state index in [9.17, 15) is 4.79 Å². The van der Waals surface area contributed by atoms with Crippen LogP contribution in [0.3, 0.4) is 0 Å². The van der Waals surface area contributed by atoms with E-state index in [1.807, 2.05) is 26.0 Å². The highest BCUT2D eigenvalue weighted by atomic mass is 16.4. The molecule has 0 saturated heterocycles. The van der Waals surface area contributed by atoms with E-state index in [2.05, 4.69) is 4.98 Å². The molecule has 0 aliphatic rings. The first kappa shape index (κ1) is 11.6. The van der Waals surface area contributed by atoms with E-state index < -0.39 is 12.0 Å². The molecule has 1 unspecified atom stereocenters. The molecule has 1 heterocycles. The van der Waals surface area contributed by atoms with Crippen LogP contribution in [-0.4, -0.2) is 27.2 Å². The summed E-state index contributed by atoms with van der Waals surface area (Å²) in [5.41, 5.74) is 9.36. The number of aryl methyl sites for hydroxylation is 2. The summed E-state index contributed by atoms with van der Waals surface area (Å²) < 4.78 is 1.62. The Morgan fingerprint density at radius 3 is 2.71 bits per heavy atom. The van der Waals surface area contributed by atoms with E-state index in [0.717, 1.165) is 22.2 Å². The molecular weight excluding hydrogens is 218 g/mol. The Kier molecular flexibility index (Phi) is 2.85. The van der Waals surface area contributed by atoms with Crippen LogP contribution in [0.2, 0.25) is 0 Å². The maximum Gasteiger partial charge on any atom is 0.328 e. The molecule has 0 aliphatic heterocycles. The number of benzene rings is 1. The van der Waals surface area contributed by atoms with Crippen molar-refractivity contribution in [2.75, 3.05) is 6.54 Å². The Balaban J connectivity index is 2.63. The third-order valence-electron chi connectivity index (χ3n) is 3.03. The minimum Gasteiger partial charge on any atom is -0.480 e. The Morgan fingerprint density at radius 2 is 2.12 bits per heavy atom. The fourth-order valence-electron chi connectivity index (χ4n) is 1.86. The SMILES string of the molecule is Cc1cc2ncn(C(CN)C(=O)O)c2cc1C. The number of fused-ring (bicyclic) bond motifs is 1. The molecule has 0 bridgehead atoms. The van der Waals surface area contributed by atoms with Gasteiger partial charge in [0, 0.05) is 6.54 Å². The van der Waals surface area contributed by atoms with Crippen LogP contribution in [0.15, 0.2) is 18.5 Å². The van der Waals surface area contributed by atoms with Gasteiger partial charge in [-0.1, -0.05) is 0 Å². The molecule has 0 radical (unpaired) electrons. The molecule has 3 N–H and O–H groups in total. The summed E-state index contributed by atoms with van der Waals surface area (Å²) in [7, 11) is 0. The average molecular weight is 233 g/mol. The van der Waals surface area contributed by atoms with Gasteiger partial charge in [0.2, 0.25) is 0 Å². The second-order valence-electron chi connectivity index (χ2n) is 4.17. The summed E-state index contributed by atoms with van der Waals surface area (Å²) in [5.74, 6) is -0.940. The van der Waals surface area contributed by atoms with Crippen LogP contribution in [0.25, 0.3) is 11.0 Å². The molecule has 0 fully saturated rings. The summed E-state index contributed by atoms with van der Waals surface area (Å²) >= 11 is 0. The number of aromatic nitrogens is 2.